The van der Waals surface area contributed by atoms with Gasteiger partial charge in [-0.05, 0) is 24.7 Å². The zero-order valence-electron chi connectivity index (χ0n) is 12.1. The van der Waals surface area contributed by atoms with E-state index in [-0.39, 0.29) is 5.82 Å². The Bertz CT molecular complexity index is 412. The van der Waals surface area contributed by atoms with Crippen molar-refractivity contribution < 1.29 is 4.39 Å². The van der Waals surface area contributed by atoms with Crippen LogP contribution in [0.5, 0.6) is 0 Å². The lowest BCUT2D eigenvalue weighted by Gasteiger charge is -2.34. The maximum Gasteiger partial charge on any atom is 0.146 e. The van der Waals surface area contributed by atoms with Crippen molar-refractivity contribution in [2.45, 2.75) is 26.4 Å². The number of halogens is 1. The van der Waals surface area contributed by atoms with Gasteiger partial charge in [-0.15, -0.1) is 0 Å². The van der Waals surface area contributed by atoms with E-state index in [0.29, 0.717) is 6.04 Å². The molecule has 0 aromatic heterocycles. The van der Waals surface area contributed by atoms with Crippen molar-refractivity contribution in [3.05, 3.63) is 29.6 Å². The van der Waals surface area contributed by atoms with Crippen LogP contribution < -0.4 is 10.2 Å². The van der Waals surface area contributed by atoms with Gasteiger partial charge in [0.2, 0.25) is 0 Å². The first-order valence-corrected chi connectivity index (χ1v) is 7.01. The molecule has 0 unspecified atom stereocenters. The molecule has 1 aliphatic heterocycles. The minimum Gasteiger partial charge on any atom is -0.367 e. The summed E-state index contributed by atoms with van der Waals surface area (Å²) in [6, 6.07) is 6.01. The largest absolute Gasteiger partial charge is 0.367 e. The fourth-order valence-corrected chi connectivity index (χ4v) is 2.29. The van der Waals surface area contributed by atoms with Crippen molar-refractivity contribution in [1.29, 1.82) is 0 Å². The van der Waals surface area contributed by atoms with Crippen LogP contribution in [0.3, 0.4) is 0 Å². The van der Waals surface area contributed by atoms with Crippen LogP contribution in [0.2, 0.25) is 0 Å². The second-order valence-electron chi connectivity index (χ2n) is 5.61. The summed E-state index contributed by atoms with van der Waals surface area (Å²) in [5.41, 5.74) is 1.74. The molecular formula is C15H24FN3. The van der Waals surface area contributed by atoms with Crippen LogP contribution in [0.4, 0.5) is 10.1 Å². The SMILES string of the molecule is CC(C)NCc1ccc(N2CCN(C)CC2)c(F)c1. The number of nitrogens with zero attached hydrogens (tertiary/aromatic N) is 2. The molecule has 1 N–H and O–H groups in total. The van der Waals surface area contributed by atoms with Gasteiger partial charge in [0.15, 0.2) is 0 Å². The topological polar surface area (TPSA) is 18.5 Å². The molecule has 1 aliphatic rings. The molecule has 0 atom stereocenters. The molecule has 19 heavy (non-hydrogen) atoms. The number of hydrogen-bond acceptors (Lipinski definition) is 3. The summed E-state index contributed by atoms with van der Waals surface area (Å²) in [5.74, 6) is -0.104. The standard InChI is InChI=1S/C15H24FN3/c1-12(2)17-11-13-4-5-15(14(16)10-13)19-8-6-18(3)7-9-19/h4-5,10,12,17H,6-9,11H2,1-3H3. The molecule has 1 aromatic carbocycles. The Morgan fingerprint density at radius 2 is 1.89 bits per heavy atom. The minimum atomic E-state index is -0.104. The fourth-order valence-electron chi connectivity index (χ4n) is 2.29. The number of rotatable bonds is 4. The quantitative estimate of drug-likeness (QED) is 0.899. The van der Waals surface area contributed by atoms with E-state index in [0.717, 1.165) is 44.0 Å². The van der Waals surface area contributed by atoms with Crippen molar-refractivity contribution in [2.75, 3.05) is 38.1 Å². The Morgan fingerprint density at radius 1 is 1.21 bits per heavy atom. The second kappa shape index (κ2) is 6.35. The molecule has 1 aromatic rings. The van der Waals surface area contributed by atoms with Crippen LogP contribution in [0.15, 0.2) is 18.2 Å². The summed E-state index contributed by atoms with van der Waals surface area (Å²) in [6.07, 6.45) is 0. The molecule has 0 saturated carbocycles. The third-order valence-electron chi connectivity index (χ3n) is 3.57. The Hall–Kier alpha value is -1.13. The predicted molar refractivity (Wildman–Crippen MR) is 78.1 cm³/mol. The normalized spacial score (nSPS) is 17.2. The lowest BCUT2D eigenvalue weighted by molar-refractivity contribution is 0.311. The van der Waals surface area contributed by atoms with Crippen molar-refractivity contribution in [2.24, 2.45) is 0 Å². The monoisotopic (exact) mass is 265 g/mol. The van der Waals surface area contributed by atoms with Gasteiger partial charge in [0.05, 0.1) is 5.69 Å². The van der Waals surface area contributed by atoms with Gasteiger partial charge in [-0.3, -0.25) is 0 Å². The molecule has 106 valence electrons. The molecule has 0 radical (unpaired) electrons. The summed E-state index contributed by atoms with van der Waals surface area (Å²) >= 11 is 0. The first kappa shape index (κ1) is 14.3. The summed E-state index contributed by atoms with van der Waals surface area (Å²) in [5, 5.41) is 3.31. The van der Waals surface area contributed by atoms with Gasteiger partial charge >= 0.3 is 0 Å². The highest BCUT2D eigenvalue weighted by Gasteiger charge is 2.17. The average molecular weight is 265 g/mol. The van der Waals surface area contributed by atoms with E-state index in [9.17, 15) is 4.39 Å². The zero-order chi connectivity index (χ0) is 13.8. The molecule has 1 saturated heterocycles. The molecule has 3 nitrogen and oxygen atoms in total. The van der Waals surface area contributed by atoms with Gasteiger partial charge in [0.25, 0.3) is 0 Å². The molecule has 0 amide bonds. The molecule has 1 heterocycles. The van der Waals surface area contributed by atoms with Crippen LogP contribution >= 0.6 is 0 Å². The molecule has 2 rings (SSSR count). The maximum absolute atomic E-state index is 14.2. The number of anilines is 1. The Morgan fingerprint density at radius 3 is 2.47 bits per heavy atom. The van der Waals surface area contributed by atoms with Crippen molar-refractivity contribution in [1.82, 2.24) is 10.2 Å². The first-order chi connectivity index (χ1) is 9.06. The Labute approximate surface area is 115 Å². The fraction of sp³-hybridized carbons (Fsp3) is 0.600. The summed E-state index contributed by atoms with van der Waals surface area (Å²) < 4.78 is 14.2. The smallest absolute Gasteiger partial charge is 0.146 e. The van der Waals surface area contributed by atoms with Gasteiger partial charge in [-0.25, -0.2) is 4.39 Å². The highest BCUT2D eigenvalue weighted by molar-refractivity contribution is 5.49. The van der Waals surface area contributed by atoms with Gasteiger partial charge in [-0.2, -0.15) is 0 Å². The summed E-state index contributed by atoms with van der Waals surface area (Å²) in [7, 11) is 2.11. The van der Waals surface area contributed by atoms with Crippen molar-refractivity contribution >= 4 is 5.69 Å². The van der Waals surface area contributed by atoms with E-state index in [4.69, 9.17) is 0 Å². The molecule has 0 aliphatic carbocycles. The molecule has 0 spiro atoms. The summed E-state index contributed by atoms with van der Waals surface area (Å²) in [4.78, 5) is 4.41. The van der Waals surface area contributed by atoms with Gasteiger partial charge in [0.1, 0.15) is 5.82 Å². The molecule has 0 bridgehead atoms. The van der Waals surface area contributed by atoms with Gasteiger partial charge in [0, 0.05) is 38.8 Å². The van der Waals surface area contributed by atoms with Crippen LogP contribution in [-0.2, 0) is 6.54 Å². The Balaban J connectivity index is 2.02. The summed E-state index contributed by atoms with van der Waals surface area (Å²) in [6.45, 7) is 8.70. The third-order valence-corrected chi connectivity index (χ3v) is 3.57. The average Bonchev–Trinajstić information content (AvgIpc) is 2.38. The number of benzene rings is 1. The van der Waals surface area contributed by atoms with Crippen LogP contribution in [0.1, 0.15) is 19.4 Å². The van der Waals surface area contributed by atoms with Crippen LogP contribution in [0.25, 0.3) is 0 Å². The number of hydrogen-bond donors (Lipinski definition) is 1. The lowest BCUT2D eigenvalue weighted by Crippen LogP contribution is -2.44. The third kappa shape index (κ3) is 3.91. The van der Waals surface area contributed by atoms with Crippen LogP contribution in [-0.4, -0.2) is 44.2 Å². The number of nitrogens with one attached hydrogen (secondary N) is 1. The van der Waals surface area contributed by atoms with Gasteiger partial charge in [-0.1, -0.05) is 19.9 Å². The molecular weight excluding hydrogens is 241 g/mol. The first-order valence-electron chi connectivity index (χ1n) is 7.01. The van der Waals surface area contributed by atoms with E-state index in [1.807, 2.05) is 12.1 Å². The lowest BCUT2D eigenvalue weighted by atomic mass is 10.1. The van der Waals surface area contributed by atoms with Gasteiger partial charge < -0.3 is 15.1 Å². The molecule has 1 fully saturated rings. The van der Waals surface area contributed by atoms with E-state index >= 15 is 0 Å². The van der Waals surface area contributed by atoms with Crippen LogP contribution in [0, 0.1) is 5.82 Å². The zero-order valence-corrected chi connectivity index (χ0v) is 12.1. The van der Waals surface area contributed by atoms with E-state index in [1.165, 1.54) is 0 Å². The Kier molecular flexibility index (Phi) is 4.77. The highest BCUT2D eigenvalue weighted by atomic mass is 19.1. The highest BCUT2D eigenvalue weighted by Crippen LogP contribution is 2.21. The second-order valence-corrected chi connectivity index (χ2v) is 5.61. The number of likely N-dealkylation sites (N-methyl/N-ethyl adjacent to an activating group) is 1. The molecule has 4 heteroatoms. The van der Waals surface area contributed by atoms with Crippen molar-refractivity contribution in [3.63, 3.8) is 0 Å². The minimum absolute atomic E-state index is 0.104. The van der Waals surface area contributed by atoms with E-state index in [2.05, 4.69) is 36.0 Å². The van der Waals surface area contributed by atoms with E-state index in [1.54, 1.807) is 6.07 Å². The van der Waals surface area contributed by atoms with E-state index < -0.39 is 0 Å². The predicted octanol–water partition coefficient (Wildman–Crippen LogP) is 2.08. The van der Waals surface area contributed by atoms with Crippen molar-refractivity contribution in [3.8, 4) is 0 Å². The maximum atomic E-state index is 14.2. The number of piperazine rings is 1.